The number of nitriles is 1. The molecule has 2 N–H and O–H groups in total. The summed E-state index contributed by atoms with van der Waals surface area (Å²) >= 11 is 12.3. The van der Waals surface area contributed by atoms with E-state index in [0.29, 0.717) is 16.1 Å². The molecule has 0 radical (unpaired) electrons. The zero-order valence-corrected chi connectivity index (χ0v) is 16.4. The van der Waals surface area contributed by atoms with E-state index in [2.05, 4.69) is 6.07 Å². The molecular weight excluding hydrogens is 399 g/mol. The highest BCUT2D eigenvalue weighted by Crippen LogP contribution is 2.44. The quantitative estimate of drug-likeness (QED) is 0.727. The van der Waals surface area contributed by atoms with Gasteiger partial charge in [0, 0.05) is 10.6 Å². The Labute approximate surface area is 172 Å². The summed E-state index contributed by atoms with van der Waals surface area (Å²) in [6.07, 6.45) is 0. The monoisotopic (exact) mass is 414 g/mol. The van der Waals surface area contributed by atoms with Gasteiger partial charge in [-0.05, 0) is 30.7 Å². The van der Waals surface area contributed by atoms with Crippen LogP contribution in [0.25, 0.3) is 5.76 Å². The summed E-state index contributed by atoms with van der Waals surface area (Å²) in [5.74, 6) is -1.31. The summed E-state index contributed by atoms with van der Waals surface area (Å²) in [6.45, 7) is 1.86. The Balaban J connectivity index is 2.31. The van der Waals surface area contributed by atoms with E-state index in [0.717, 1.165) is 0 Å². The molecule has 0 amide bonds. The van der Waals surface area contributed by atoms with Gasteiger partial charge in [-0.1, -0.05) is 53.5 Å². The molecule has 0 bridgehead atoms. The molecule has 1 atom stereocenters. The van der Waals surface area contributed by atoms with E-state index in [1.165, 1.54) is 6.07 Å². The molecule has 1 aliphatic rings. The van der Waals surface area contributed by atoms with Crippen LogP contribution in [0.2, 0.25) is 10.0 Å². The van der Waals surface area contributed by atoms with Crippen LogP contribution in [0.1, 0.15) is 24.0 Å². The van der Waals surface area contributed by atoms with Crippen molar-refractivity contribution in [3.8, 4) is 6.07 Å². The number of benzene rings is 2. The summed E-state index contributed by atoms with van der Waals surface area (Å²) in [7, 11) is 0. The number of nitrogens with zero attached hydrogens (tertiary/aromatic N) is 1. The standard InChI is InChI=1S/C21H16Cl2N2O3/c1-2-27-21(26)18-17(12-6-4-3-5-7-12)15(11-24)20(25)28-19(18)14-9-8-13(22)10-16(14)23/h3-10,17H,2,25H2,1H3. The molecule has 2 aromatic carbocycles. The van der Waals surface area contributed by atoms with E-state index in [4.69, 9.17) is 38.4 Å². The molecule has 0 saturated heterocycles. The highest BCUT2D eigenvalue weighted by molar-refractivity contribution is 6.35. The van der Waals surface area contributed by atoms with Gasteiger partial charge in [-0.15, -0.1) is 0 Å². The second-order valence-corrected chi connectivity index (χ2v) is 6.77. The van der Waals surface area contributed by atoms with E-state index in [9.17, 15) is 10.1 Å². The third-order valence-electron chi connectivity index (χ3n) is 4.22. The number of carbonyl (C=O) groups is 1. The lowest BCUT2D eigenvalue weighted by Crippen LogP contribution is -2.26. The summed E-state index contributed by atoms with van der Waals surface area (Å²) in [5.41, 5.74) is 7.45. The molecule has 28 heavy (non-hydrogen) atoms. The van der Waals surface area contributed by atoms with Crippen molar-refractivity contribution in [3.05, 3.63) is 86.7 Å². The fraction of sp³-hybridized carbons (Fsp3) is 0.143. The van der Waals surface area contributed by atoms with E-state index in [1.54, 1.807) is 31.2 Å². The third-order valence-corrected chi connectivity index (χ3v) is 4.77. The summed E-state index contributed by atoms with van der Waals surface area (Å²) in [4.78, 5) is 12.9. The minimum absolute atomic E-state index is 0.0922. The molecule has 1 aliphatic heterocycles. The molecule has 0 aliphatic carbocycles. The average Bonchev–Trinajstić information content (AvgIpc) is 2.68. The Morgan fingerprint density at radius 2 is 1.96 bits per heavy atom. The van der Waals surface area contributed by atoms with Crippen LogP contribution in [0.4, 0.5) is 0 Å². The molecular formula is C21H16Cl2N2O3. The number of ether oxygens (including phenoxy) is 2. The number of nitrogens with two attached hydrogens (primary N) is 1. The fourth-order valence-corrected chi connectivity index (χ4v) is 3.52. The molecule has 7 heteroatoms. The first-order chi connectivity index (χ1) is 13.5. The van der Waals surface area contributed by atoms with Crippen LogP contribution in [0.15, 0.2) is 65.6 Å². The lowest BCUT2D eigenvalue weighted by atomic mass is 9.82. The second kappa shape index (κ2) is 8.39. The molecule has 0 saturated carbocycles. The van der Waals surface area contributed by atoms with Gasteiger partial charge in [-0.25, -0.2) is 4.79 Å². The molecule has 5 nitrogen and oxygen atoms in total. The minimum atomic E-state index is -0.749. The van der Waals surface area contributed by atoms with Crippen LogP contribution >= 0.6 is 23.2 Å². The molecule has 1 heterocycles. The summed E-state index contributed by atoms with van der Waals surface area (Å²) in [6, 6.07) is 15.9. The first-order valence-corrected chi connectivity index (χ1v) is 9.22. The number of hydrogen-bond donors (Lipinski definition) is 1. The molecule has 1 unspecified atom stereocenters. The van der Waals surface area contributed by atoms with E-state index >= 15 is 0 Å². The van der Waals surface area contributed by atoms with Crippen LogP contribution in [-0.4, -0.2) is 12.6 Å². The first kappa shape index (κ1) is 19.8. The van der Waals surface area contributed by atoms with Gasteiger partial charge in [-0.2, -0.15) is 5.26 Å². The summed E-state index contributed by atoms with van der Waals surface area (Å²) in [5, 5.41) is 10.4. The normalized spacial score (nSPS) is 16.4. The van der Waals surface area contributed by atoms with Crippen molar-refractivity contribution in [1.82, 2.24) is 0 Å². The van der Waals surface area contributed by atoms with Crippen molar-refractivity contribution in [1.29, 1.82) is 5.26 Å². The second-order valence-electron chi connectivity index (χ2n) is 5.92. The predicted molar refractivity (Wildman–Crippen MR) is 107 cm³/mol. The number of allylic oxidation sites excluding steroid dienone is 1. The van der Waals surface area contributed by atoms with Crippen molar-refractivity contribution in [3.63, 3.8) is 0 Å². The van der Waals surface area contributed by atoms with Gasteiger partial charge in [0.15, 0.2) is 0 Å². The maximum Gasteiger partial charge on any atom is 0.338 e. The van der Waals surface area contributed by atoms with Crippen molar-refractivity contribution < 1.29 is 14.3 Å². The lowest BCUT2D eigenvalue weighted by Gasteiger charge is -2.28. The van der Waals surface area contributed by atoms with Gasteiger partial charge in [0.2, 0.25) is 5.88 Å². The van der Waals surface area contributed by atoms with Crippen LogP contribution < -0.4 is 5.73 Å². The predicted octanol–water partition coefficient (Wildman–Crippen LogP) is 4.78. The Hall–Kier alpha value is -2.94. The van der Waals surface area contributed by atoms with Crippen LogP contribution in [0, 0.1) is 11.3 Å². The van der Waals surface area contributed by atoms with Crippen molar-refractivity contribution in [2.75, 3.05) is 6.61 Å². The van der Waals surface area contributed by atoms with E-state index in [-0.39, 0.29) is 34.4 Å². The summed E-state index contributed by atoms with van der Waals surface area (Å²) < 4.78 is 11.0. The molecule has 142 valence electrons. The van der Waals surface area contributed by atoms with Crippen molar-refractivity contribution in [2.45, 2.75) is 12.8 Å². The van der Waals surface area contributed by atoms with Crippen LogP contribution in [0.5, 0.6) is 0 Å². The maximum absolute atomic E-state index is 12.9. The number of rotatable bonds is 4. The molecule has 3 rings (SSSR count). The van der Waals surface area contributed by atoms with Gasteiger partial charge < -0.3 is 15.2 Å². The number of halogens is 2. The SMILES string of the molecule is CCOC(=O)C1=C(c2ccc(Cl)cc2Cl)OC(N)=C(C#N)C1c1ccccc1. The number of hydrogen-bond acceptors (Lipinski definition) is 5. The van der Waals surface area contributed by atoms with Gasteiger partial charge >= 0.3 is 5.97 Å². The number of carbonyl (C=O) groups excluding carboxylic acids is 1. The largest absolute Gasteiger partial charge is 0.463 e. The highest BCUT2D eigenvalue weighted by atomic mass is 35.5. The topological polar surface area (TPSA) is 85.3 Å². The maximum atomic E-state index is 12.9. The Bertz CT molecular complexity index is 1020. The van der Waals surface area contributed by atoms with E-state index < -0.39 is 11.9 Å². The Kier molecular flexibility index (Phi) is 5.93. The minimum Gasteiger partial charge on any atom is -0.463 e. The fourth-order valence-electron chi connectivity index (χ4n) is 3.03. The average molecular weight is 415 g/mol. The Morgan fingerprint density at radius 1 is 1.25 bits per heavy atom. The van der Waals surface area contributed by atoms with Gasteiger partial charge in [0.05, 0.1) is 23.1 Å². The zero-order chi connectivity index (χ0) is 20.3. The molecule has 2 aromatic rings. The first-order valence-electron chi connectivity index (χ1n) is 8.47. The molecule has 0 fully saturated rings. The third kappa shape index (κ3) is 3.70. The van der Waals surface area contributed by atoms with Gasteiger partial charge in [0.25, 0.3) is 0 Å². The smallest absolute Gasteiger partial charge is 0.338 e. The van der Waals surface area contributed by atoms with Gasteiger partial charge in [0.1, 0.15) is 17.4 Å². The van der Waals surface area contributed by atoms with E-state index in [1.807, 2.05) is 18.2 Å². The number of esters is 1. The molecule has 0 spiro atoms. The zero-order valence-electron chi connectivity index (χ0n) is 14.9. The van der Waals surface area contributed by atoms with Crippen molar-refractivity contribution in [2.24, 2.45) is 5.73 Å². The van der Waals surface area contributed by atoms with Gasteiger partial charge in [-0.3, -0.25) is 0 Å². The van der Waals surface area contributed by atoms with Crippen LogP contribution in [-0.2, 0) is 14.3 Å². The highest BCUT2D eigenvalue weighted by Gasteiger charge is 2.38. The lowest BCUT2D eigenvalue weighted by molar-refractivity contribution is -0.138. The molecule has 0 aromatic heterocycles. The van der Waals surface area contributed by atoms with Crippen LogP contribution in [0.3, 0.4) is 0 Å². The Morgan fingerprint density at radius 3 is 2.57 bits per heavy atom. The van der Waals surface area contributed by atoms with Crippen molar-refractivity contribution >= 4 is 34.9 Å².